The number of amides is 1. The Balaban J connectivity index is 1.29. The van der Waals surface area contributed by atoms with Gasteiger partial charge in [-0.1, -0.05) is 12.1 Å². The third kappa shape index (κ3) is 5.90. The molecule has 5 rings (SSSR count). The van der Waals surface area contributed by atoms with Crippen LogP contribution in [0.3, 0.4) is 0 Å². The number of nitrogens with zero attached hydrogens (tertiary/aromatic N) is 5. The lowest BCUT2D eigenvalue weighted by Crippen LogP contribution is -2.30. The monoisotopic (exact) mass is 495 g/mol. The van der Waals surface area contributed by atoms with Gasteiger partial charge in [0, 0.05) is 41.3 Å². The van der Waals surface area contributed by atoms with E-state index in [0.717, 1.165) is 35.5 Å². The van der Waals surface area contributed by atoms with E-state index in [1.54, 1.807) is 36.7 Å². The van der Waals surface area contributed by atoms with Gasteiger partial charge in [0.15, 0.2) is 0 Å². The number of rotatable bonds is 8. The SMILES string of the molecule is Cc1ccc(C(=O)Nc2cccc(OC[C@@H]3CCCN3C)n2)cc1Nc1ncccc1-c1ccncn1. The molecule has 0 aliphatic carbocycles. The van der Waals surface area contributed by atoms with E-state index in [0.29, 0.717) is 35.7 Å². The molecule has 1 atom stereocenters. The second-order valence-corrected chi connectivity index (χ2v) is 9.05. The molecular formula is C28H29N7O2. The molecule has 1 aliphatic heterocycles. The van der Waals surface area contributed by atoms with Crippen molar-refractivity contribution in [3.63, 3.8) is 0 Å². The van der Waals surface area contributed by atoms with Crippen molar-refractivity contribution in [3.05, 3.63) is 84.4 Å². The Kier molecular flexibility index (Phi) is 7.32. The van der Waals surface area contributed by atoms with E-state index in [2.05, 4.69) is 42.5 Å². The molecule has 0 spiro atoms. The highest BCUT2D eigenvalue weighted by atomic mass is 16.5. The highest BCUT2D eigenvalue weighted by Crippen LogP contribution is 2.28. The van der Waals surface area contributed by atoms with Crippen LogP contribution in [0.2, 0.25) is 0 Å². The molecule has 1 aliphatic rings. The zero-order chi connectivity index (χ0) is 25.6. The smallest absolute Gasteiger partial charge is 0.256 e. The first kappa shape index (κ1) is 24.3. The van der Waals surface area contributed by atoms with Crippen LogP contribution in [0.1, 0.15) is 28.8 Å². The maximum Gasteiger partial charge on any atom is 0.256 e. The minimum absolute atomic E-state index is 0.264. The number of likely N-dealkylation sites (N-methyl/N-ethyl adjacent to an activating group) is 1. The summed E-state index contributed by atoms with van der Waals surface area (Å²) in [5, 5.41) is 6.25. The minimum atomic E-state index is -0.264. The molecule has 0 bridgehead atoms. The van der Waals surface area contributed by atoms with Crippen LogP contribution in [0.5, 0.6) is 5.88 Å². The lowest BCUT2D eigenvalue weighted by Gasteiger charge is -2.19. The fourth-order valence-electron chi connectivity index (χ4n) is 4.31. The number of aryl methyl sites for hydroxylation is 1. The third-order valence-electron chi connectivity index (χ3n) is 6.48. The maximum absolute atomic E-state index is 13.1. The van der Waals surface area contributed by atoms with Gasteiger partial charge in [-0.3, -0.25) is 4.79 Å². The lowest BCUT2D eigenvalue weighted by atomic mass is 10.1. The van der Waals surface area contributed by atoms with E-state index in [4.69, 9.17) is 4.74 Å². The minimum Gasteiger partial charge on any atom is -0.476 e. The Morgan fingerprint density at radius 1 is 1.11 bits per heavy atom. The van der Waals surface area contributed by atoms with E-state index in [9.17, 15) is 4.79 Å². The molecule has 1 aromatic carbocycles. The second-order valence-electron chi connectivity index (χ2n) is 9.05. The molecule has 4 heterocycles. The molecule has 1 fully saturated rings. The first-order chi connectivity index (χ1) is 18.1. The standard InChI is InChI=1S/C28H29N7O2/c1-19-10-11-20(16-24(19)32-27-22(7-4-13-30-27)23-12-14-29-18-31-23)28(36)34-25-8-3-9-26(33-25)37-17-21-6-5-15-35(21)2/h3-4,7-14,16,18,21H,5-6,15,17H2,1-2H3,(H,30,32)(H,33,34,36)/t21-/m0/s1. The van der Waals surface area contributed by atoms with Crippen molar-refractivity contribution >= 4 is 23.2 Å². The molecule has 0 radical (unpaired) electrons. The molecule has 0 unspecified atom stereocenters. The Morgan fingerprint density at radius 2 is 2.03 bits per heavy atom. The topological polar surface area (TPSA) is 105 Å². The highest BCUT2D eigenvalue weighted by Gasteiger charge is 2.21. The van der Waals surface area contributed by atoms with E-state index < -0.39 is 0 Å². The quantitative estimate of drug-likeness (QED) is 0.362. The zero-order valence-corrected chi connectivity index (χ0v) is 20.9. The molecule has 188 valence electrons. The number of aromatic nitrogens is 4. The number of anilines is 3. The lowest BCUT2D eigenvalue weighted by molar-refractivity contribution is 0.102. The molecule has 0 saturated carbocycles. The van der Waals surface area contributed by atoms with Crippen LogP contribution >= 0.6 is 0 Å². The Labute approximate surface area is 216 Å². The van der Waals surface area contributed by atoms with Gasteiger partial charge in [0.1, 0.15) is 24.6 Å². The number of carbonyl (C=O) groups excluding carboxylic acids is 1. The fourth-order valence-corrected chi connectivity index (χ4v) is 4.31. The summed E-state index contributed by atoms with van der Waals surface area (Å²) in [4.78, 5) is 32.7. The summed E-state index contributed by atoms with van der Waals surface area (Å²) in [6, 6.07) is 16.9. The number of carbonyl (C=O) groups is 1. The molecule has 4 aromatic rings. The summed E-state index contributed by atoms with van der Waals surface area (Å²) in [7, 11) is 2.11. The van der Waals surface area contributed by atoms with Gasteiger partial charge in [0.05, 0.1) is 5.69 Å². The van der Waals surface area contributed by atoms with Gasteiger partial charge >= 0.3 is 0 Å². The molecular weight excluding hydrogens is 466 g/mol. The first-order valence-corrected chi connectivity index (χ1v) is 12.3. The average molecular weight is 496 g/mol. The van der Waals surface area contributed by atoms with Gasteiger partial charge in [0.2, 0.25) is 5.88 Å². The Morgan fingerprint density at radius 3 is 2.84 bits per heavy atom. The van der Waals surface area contributed by atoms with E-state index >= 15 is 0 Å². The molecule has 37 heavy (non-hydrogen) atoms. The van der Waals surface area contributed by atoms with Crippen LogP contribution in [-0.2, 0) is 0 Å². The van der Waals surface area contributed by atoms with Crippen LogP contribution in [0, 0.1) is 6.92 Å². The normalized spacial score (nSPS) is 15.4. The predicted octanol–water partition coefficient (Wildman–Crippen LogP) is 4.71. The van der Waals surface area contributed by atoms with E-state index in [1.807, 2.05) is 37.3 Å². The van der Waals surface area contributed by atoms with E-state index in [-0.39, 0.29) is 5.91 Å². The zero-order valence-electron chi connectivity index (χ0n) is 20.9. The van der Waals surface area contributed by atoms with Crippen LogP contribution in [-0.4, -0.2) is 57.0 Å². The third-order valence-corrected chi connectivity index (χ3v) is 6.48. The van der Waals surface area contributed by atoms with Crippen molar-refractivity contribution in [2.24, 2.45) is 0 Å². The highest BCUT2D eigenvalue weighted by molar-refractivity contribution is 6.04. The molecule has 3 aromatic heterocycles. The maximum atomic E-state index is 13.1. The second kappa shape index (κ2) is 11.1. The van der Waals surface area contributed by atoms with Crippen LogP contribution in [0.25, 0.3) is 11.3 Å². The van der Waals surface area contributed by atoms with Gasteiger partial charge in [-0.25, -0.2) is 15.0 Å². The van der Waals surface area contributed by atoms with Gasteiger partial charge in [-0.2, -0.15) is 4.98 Å². The van der Waals surface area contributed by atoms with Crippen LogP contribution in [0.4, 0.5) is 17.3 Å². The number of pyridine rings is 2. The largest absolute Gasteiger partial charge is 0.476 e. The summed E-state index contributed by atoms with van der Waals surface area (Å²) in [5.41, 5.74) is 3.83. The van der Waals surface area contributed by atoms with Gasteiger partial charge in [-0.05, 0) is 75.3 Å². The van der Waals surface area contributed by atoms with E-state index in [1.165, 1.54) is 12.7 Å². The molecule has 9 nitrogen and oxygen atoms in total. The molecule has 1 amide bonds. The average Bonchev–Trinajstić information content (AvgIpc) is 3.34. The fraction of sp³-hybridized carbons (Fsp3) is 0.250. The Bertz CT molecular complexity index is 1380. The van der Waals surface area contributed by atoms with Crippen molar-refractivity contribution in [2.75, 3.05) is 30.8 Å². The number of hydrogen-bond donors (Lipinski definition) is 2. The van der Waals surface area contributed by atoms with Gasteiger partial charge < -0.3 is 20.3 Å². The summed E-state index contributed by atoms with van der Waals surface area (Å²) in [6.07, 6.45) is 7.21. The van der Waals surface area contributed by atoms with Crippen molar-refractivity contribution in [1.29, 1.82) is 0 Å². The first-order valence-electron chi connectivity index (χ1n) is 12.3. The Hall–Kier alpha value is -4.37. The summed E-state index contributed by atoms with van der Waals surface area (Å²) in [6.45, 7) is 3.65. The number of hydrogen-bond acceptors (Lipinski definition) is 8. The predicted molar refractivity (Wildman–Crippen MR) is 143 cm³/mol. The van der Waals surface area contributed by atoms with Gasteiger partial charge in [-0.15, -0.1) is 0 Å². The number of nitrogens with one attached hydrogen (secondary N) is 2. The van der Waals surface area contributed by atoms with Crippen molar-refractivity contribution < 1.29 is 9.53 Å². The van der Waals surface area contributed by atoms with Crippen LogP contribution in [0.15, 0.2) is 73.3 Å². The van der Waals surface area contributed by atoms with Crippen molar-refractivity contribution in [3.8, 4) is 17.1 Å². The molecule has 9 heteroatoms. The number of ether oxygens (including phenoxy) is 1. The summed E-state index contributed by atoms with van der Waals surface area (Å²) < 4.78 is 5.91. The van der Waals surface area contributed by atoms with Gasteiger partial charge in [0.25, 0.3) is 5.91 Å². The molecule has 1 saturated heterocycles. The van der Waals surface area contributed by atoms with Crippen molar-refractivity contribution in [1.82, 2.24) is 24.8 Å². The number of benzene rings is 1. The van der Waals surface area contributed by atoms with Crippen molar-refractivity contribution in [2.45, 2.75) is 25.8 Å². The summed E-state index contributed by atoms with van der Waals surface area (Å²) in [5.74, 6) is 1.31. The van der Waals surface area contributed by atoms with Crippen LogP contribution < -0.4 is 15.4 Å². The molecule has 2 N–H and O–H groups in total. The number of likely N-dealkylation sites (tertiary alicyclic amines) is 1. The summed E-state index contributed by atoms with van der Waals surface area (Å²) >= 11 is 0.